The van der Waals surface area contributed by atoms with Crippen LogP contribution in [0.1, 0.15) is 11.3 Å². The maximum atomic E-state index is 9.55. The lowest BCUT2D eigenvalue weighted by Gasteiger charge is -2.07. The normalized spacial score (nSPS) is 11.0. The number of aromatic nitrogens is 3. The molecule has 0 unspecified atom stereocenters. The van der Waals surface area contributed by atoms with Crippen molar-refractivity contribution in [1.29, 1.82) is 10.5 Å². The van der Waals surface area contributed by atoms with E-state index < -0.39 is 0 Å². The Labute approximate surface area is 192 Å². The fraction of sp³-hybridized carbons (Fsp3) is 0. The van der Waals surface area contributed by atoms with Gasteiger partial charge in [0.05, 0.1) is 22.2 Å². The third-order valence-corrected chi connectivity index (χ3v) is 6.24. The predicted octanol–water partition coefficient (Wildman–Crippen LogP) is 5.88. The SMILES string of the molecule is N#Cc1ccnc(C#N)c1-c1nc2c3ccc(I)cc3c3cc(I)ccc3c2[nH]1. The van der Waals surface area contributed by atoms with E-state index in [-0.39, 0.29) is 5.69 Å². The summed E-state index contributed by atoms with van der Waals surface area (Å²) in [5.74, 6) is 0.479. The van der Waals surface area contributed by atoms with Crippen LogP contribution in [-0.4, -0.2) is 15.0 Å². The lowest BCUT2D eigenvalue weighted by molar-refractivity contribution is 1.22. The number of pyridine rings is 1. The van der Waals surface area contributed by atoms with Crippen LogP contribution in [0.3, 0.4) is 0 Å². The summed E-state index contributed by atoms with van der Waals surface area (Å²) in [5, 5.41) is 23.4. The van der Waals surface area contributed by atoms with Crippen LogP contribution in [0.15, 0.2) is 48.7 Å². The number of halogens is 2. The molecule has 0 saturated carbocycles. The van der Waals surface area contributed by atoms with Gasteiger partial charge >= 0.3 is 0 Å². The molecule has 0 bridgehead atoms. The number of nitriles is 2. The van der Waals surface area contributed by atoms with Gasteiger partial charge in [0.25, 0.3) is 0 Å². The monoisotopic (exact) mass is 597 g/mol. The van der Waals surface area contributed by atoms with Crippen molar-refractivity contribution in [2.45, 2.75) is 0 Å². The second kappa shape index (κ2) is 6.94. The molecular weight excluding hydrogens is 588 g/mol. The number of rotatable bonds is 1. The first kappa shape index (κ1) is 18.3. The topological polar surface area (TPSA) is 89.2 Å². The zero-order valence-corrected chi connectivity index (χ0v) is 19.0. The van der Waals surface area contributed by atoms with Crippen molar-refractivity contribution in [3.05, 3.63) is 67.1 Å². The highest BCUT2D eigenvalue weighted by atomic mass is 127. The number of hydrogen-bond donors (Lipinski definition) is 1. The van der Waals surface area contributed by atoms with E-state index in [4.69, 9.17) is 4.98 Å². The molecule has 29 heavy (non-hydrogen) atoms. The number of hydrogen-bond acceptors (Lipinski definition) is 4. The van der Waals surface area contributed by atoms with Gasteiger partial charge < -0.3 is 4.98 Å². The summed E-state index contributed by atoms with van der Waals surface area (Å²) in [4.78, 5) is 12.3. The largest absolute Gasteiger partial charge is 0.337 e. The number of nitrogens with zero attached hydrogens (tertiary/aromatic N) is 4. The molecule has 136 valence electrons. The molecule has 2 aromatic heterocycles. The molecule has 2 heterocycles. The minimum atomic E-state index is 0.181. The van der Waals surface area contributed by atoms with Crippen LogP contribution in [0.2, 0.25) is 0 Å². The highest BCUT2D eigenvalue weighted by molar-refractivity contribution is 14.1. The Hall–Kier alpha value is -2.76. The van der Waals surface area contributed by atoms with Crippen molar-refractivity contribution in [3.63, 3.8) is 0 Å². The second-order valence-corrected chi connectivity index (χ2v) is 8.99. The smallest absolute Gasteiger partial charge is 0.152 e. The van der Waals surface area contributed by atoms with Gasteiger partial charge in [-0.2, -0.15) is 10.5 Å². The number of H-pyrrole nitrogens is 1. The van der Waals surface area contributed by atoms with Gasteiger partial charge in [-0.05, 0) is 86.3 Å². The Morgan fingerprint density at radius 1 is 0.828 bits per heavy atom. The Balaban J connectivity index is 1.98. The van der Waals surface area contributed by atoms with Crippen molar-refractivity contribution in [3.8, 4) is 23.5 Å². The van der Waals surface area contributed by atoms with Gasteiger partial charge in [0.2, 0.25) is 0 Å². The third kappa shape index (κ3) is 2.84. The predicted molar refractivity (Wildman–Crippen MR) is 129 cm³/mol. The molecule has 5 aromatic rings. The quantitative estimate of drug-likeness (QED) is 0.193. The number of aromatic amines is 1. The average Bonchev–Trinajstić information content (AvgIpc) is 3.18. The summed E-state index contributed by atoms with van der Waals surface area (Å²) in [6, 6.07) is 18.4. The Bertz CT molecular complexity index is 1440. The molecule has 5 rings (SSSR count). The van der Waals surface area contributed by atoms with E-state index in [9.17, 15) is 10.5 Å². The van der Waals surface area contributed by atoms with Gasteiger partial charge in [-0.3, -0.25) is 0 Å². The number of fused-ring (bicyclic) bond motifs is 6. The van der Waals surface area contributed by atoms with Crippen LogP contribution in [0, 0.1) is 29.8 Å². The first-order valence-corrected chi connectivity index (χ1v) is 10.8. The Kier molecular flexibility index (Phi) is 4.37. The highest BCUT2D eigenvalue weighted by Crippen LogP contribution is 2.37. The first-order chi connectivity index (χ1) is 14.1. The van der Waals surface area contributed by atoms with Crippen molar-refractivity contribution < 1.29 is 0 Å². The molecule has 1 N–H and O–H groups in total. The molecule has 0 amide bonds. The van der Waals surface area contributed by atoms with E-state index in [1.807, 2.05) is 0 Å². The number of benzene rings is 3. The van der Waals surface area contributed by atoms with Crippen LogP contribution in [0.25, 0.3) is 44.0 Å². The molecule has 3 aromatic carbocycles. The van der Waals surface area contributed by atoms with Crippen molar-refractivity contribution in [2.75, 3.05) is 0 Å². The minimum Gasteiger partial charge on any atom is -0.337 e. The van der Waals surface area contributed by atoms with Gasteiger partial charge in [0.15, 0.2) is 5.69 Å². The molecule has 0 spiro atoms. The van der Waals surface area contributed by atoms with Crippen molar-refractivity contribution >= 4 is 77.8 Å². The zero-order valence-electron chi connectivity index (χ0n) is 14.7. The lowest BCUT2D eigenvalue weighted by Crippen LogP contribution is -1.94. The van der Waals surface area contributed by atoms with Crippen molar-refractivity contribution in [1.82, 2.24) is 15.0 Å². The minimum absolute atomic E-state index is 0.181. The fourth-order valence-electron chi connectivity index (χ4n) is 3.66. The van der Waals surface area contributed by atoms with Gasteiger partial charge in [-0.25, -0.2) is 9.97 Å². The fourth-order valence-corrected chi connectivity index (χ4v) is 4.65. The van der Waals surface area contributed by atoms with E-state index in [1.54, 1.807) is 6.07 Å². The summed E-state index contributed by atoms with van der Waals surface area (Å²) >= 11 is 4.63. The van der Waals surface area contributed by atoms with E-state index in [1.165, 1.54) is 6.20 Å². The van der Waals surface area contributed by atoms with Gasteiger partial charge in [-0.1, -0.05) is 12.1 Å². The zero-order chi connectivity index (χ0) is 20.1. The van der Waals surface area contributed by atoms with Crippen LogP contribution in [0.4, 0.5) is 0 Å². The molecule has 0 saturated heterocycles. The summed E-state index contributed by atoms with van der Waals surface area (Å²) in [5.41, 5.74) is 2.69. The Morgan fingerprint density at radius 2 is 1.52 bits per heavy atom. The molecule has 0 fully saturated rings. The second-order valence-electron chi connectivity index (χ2n) is 6.49. The highest BCUT2D eigenvalue weighted by Gasteiger charge is 2.19. The van der Waals surface area contributed by atoms with Gasteiger partial charge in [0.1, 0.15) is 18.0 Å². The van der Waals surface area contributed by atoms with Gasteiger partial charge in [-0.15, -0.1) is 0 Å². The van der Waals surface area contributed by atoms with E-state index >= 15 is 0 Å². The standard InChI is InChI=1S/C22H9I2N5/c23-12-1-3-14-16(7-12)17-8-13(24)2-4-15(17)21-20(14)28-22(29-21)19-11(9-25)5-6-27-18(19)10-26/h1-8H,(H,28,29). The maximum absolute atomic E-state index is 9.55. The molecule has 0 atom stereocenters. The Morgan fingerprint density at radius 3 is 2.21 bits per heavy atom. The first-order valence-electron chi connectivity index (χ1n) is 8.60. The summed E-state index contributed by atoms with van der Waals surface area (Å²) in [6.07, 6.45) is 1.47. The van der Waals surface area contributed by atoms with Crippen LogP contribution >= 0.6 is 45.2 Å². The molecule has 7 heteroatoms. The average molecular weight is 597 g/mol. The van der Waals surface area contributed by atoms with Gasteiger partial charge in [0, 0.05) is 24.1 Å². The molecular formula is C22H9I2N5. The van der Waals surface area contributed by atoms with E-state index in [0.717, 1.165) is 39.7 Å². The maximum Gasteiger partial charge on any atom is 0.152 e. The van der Waals surface area contributed by atoms with Crippen LogP contribution in [0.5, 0.6) is 0 Å². The molecule has 0 aliphatic carbocycles. The van der Waals surface area contributed by atoms with Crippen LogP contribution in [-0.2, 0) is 0 Å². The molecule has 0 radical (unpaired) electrons. The summed E-state index contributed by atoms with van der Waals surface area (Å²) in [7, 11) is 0. The summed E-state index contributed by atoms with van der Waals surface area (Å²) < 4.78 is 2.30. The van der Waals surface area contributed by atoms with Crippen molar-refractivity contribution in [2.24, 2.45) is 0 Å². The van der Waals surface area contributed by atoms with E-state index in [0.29, 0.717) is 17.0 Å². The molecule has 0 aliphatic heterocycles. The molecule has 0 aliphatic rings. The number of imidazole rings is 1. The van der Waals surface area contributed by atoms with E-state index in [2.05, 4.69) is 104 Å². The lowest BCUT2D eigenvalue weighted by atomic mass is 10.0. The third-order valence-electron chi connectivity index (χ3n) is 4.90. The number of nitrogens with one attached hydrogen (secondary N) is 1. The summed E-state index contributed by atoms with van der Waals surface area (Å²) in [6.45, 7) is 0. The molecule has 5 nitrogen and oxygen atoms in total. The van der Waals surface area contributed by atoms with Crippen LogP contribution < -0.4 is 0 Å².